The van der Waals surface area contributed by atoms with Gasteiger partial charge in [0, 0.05) is 12.2 Å². The van der Waals surface area contributed by atoms with Crippen LogP contribution in [0.3, 0.4) is 0 Å². The monoisotopic (exact) mass is 536 g/mol. The van der Waals surface area contributed by atoms with Crippen LogP contribution in [-0.2, 0) is 25.0 Å². The third kappa shape index (κ3) is 4.01. The number of aryl methyl sites for hydroxylation is 1. The molecule has 0 amide bonds. The summed E-state index contributed by atoms with van der Waals surface area (Å²) < 4.78 is 45.9. The molecule has 200 valence electrons. The van der Waals surface area contributed by atoms with Gasteiger partial charge in [-0.05, 0) is 61.7 Å². The second-order valence-corrected chi connectivity index (χ2v) is 11.5. The topological polar surface area (TPSA) is 94.2 Å². The van der Waals surface area contributed by atoms with Crippen molar-refractivity contribution in [1.82, 2.24) is 4.31 Å². The molecule has 1 N–H and O–H groups in total. The molecule has 5 rings (SSSR count). The van der Waals surface area contributed by atoms with Crippen LogP contribution in [0.4, 0.5) is 5.69 Å². The third-order valence-corrected chi connectivity index (χ3v) is 9.52. The first-order valence-electron chi connectivity index (χ1n) is 12.6. The van der Waals surface area contributed by atoms with Gasteiger partial charge in [-0.25, -0.2) is 8.42 Å². The second-order valence-electron chi connectivity index (χ2n) is 9.61. The Bertz CT molecular complexity index is 1460. The zero-order chi connectivity index (χ0) is 27.1. The number of fused-ring (bicyclic) bond motifs is 2. The van der Waals surface area contributed by atoms with Crippen LogP contribution in [0.15, 0.2) is 71.6 Å². The Hall–Kier alpha value is -3.56. The summed E-state index contributed by atoms with van der Waals surface area (Å²) in [5.74, 6) is 0.565. The molecule has 3 unspecified atom stereocenters. The molecule has 1 saturated heterocycles. The van der Waals surface area contributed by atoms with E-state index < -0.39 is 33.5 Å². The summed E-state index contributed by atoms with van der Waals surface area (Å²) >= 11 is 0. The first-order valence-corrected chi connectivity index (χ1v) is 14.0. The number of nitrogens with one attached hydrogen (secondary N) is 1. The summed E-state index contributed by atoms with van der Waals surface area (Å²) in [5, 5.41) is 3.59. The Kier molecular flexibility index (Phi) is 6.83. The van der Waals surface area contributed by atoms with E-state index in [4.69, 9.17) is 14.2 Å². The van der Waals surface area contributed by atoms with Crippen molar-refractivity contribution in [1.29, 1.82) is 0 Å². The molecular weight excluding hydrogens is 504 g/mol. The number of nitrogens with zero attached hydrogens (tertiary/aromatic N) is 1. The summed E-state index contributed by atoms with van der Waals surface area (Å²) in [6.45, 7) is 3.93. The van der Waals surface area contributed by atoms with Crippen molar-refractivity contribution in [2.45, 2.75) is 42.7 Å². The van der Waals surface area contributed by atoms with Gasteiger partial charge in [0.15, 0.2) is 11.5 Å². The molecule has 3 aromatic carbocycles. The highest BCUT2D eigenvalue weighted by molar-refractivity contribution is 7.89. The zero-order valence-electron chi connectivity index (χ0n) is 21.9. The van der Waals surface area contributed by atoms with Crippen molar-refractivity contribution in [3.63, 3.8) is 0 Å². The highest BCUT2D eigenvalue weighted by Gasteiger charge is 2.63. The molecule has 3 atom stereocenters. The molecule has 1 spiro atoms. The maximum atomic E-state index is 14.0. The van der Waals surface area contributed by atoms with Crippen molar-refractivity contribution in [3.05, 3.63) is 83.4 Å². The molecule has 0 aromatic heterocycles. The molecule has 0 saturated carbocycles. The van der Waals surface area contributed by atoms with E-state index in [9.17, 15) is 13.2 Å². The van der Waals surface area contributed by atoms with Gasteiger partial charge in [-0.2, -0.15) is 4.31 Å². The van der Waals surface area contributed by atoms with Gasteiger partial charge in [0.05, 0.1) is 37.2 Å². The maximum absolute atomic E-state index is 14.0. The van der Waals surface area contributed by atoms with Gasteiger partial charge < -0.3 is 19.5 Å². The molecule has 2 heterocycles. The van der Waals surface area contributed by atoms with Crippen molar-refractivity contribution in [2.24, 2.45) is 0 Å². The summed E-state index contributed by atoms with van der Waals surface area (Å²) in [4.78, 5) is 13.9. The summed E-state index contributed by atoms with van der Waals surface area (Å²) in [6.07, 6.45) is 0.421. The van der Waals surface area contributed by atoms with Crippen molar-refractivity contribution < 1.29 is 27.4 Å². The number of hydrogen-bond donors (Lipinski definition) is 1. The van der Waals surface area contributed by atoms with Crippen molar-refractivity contribution in [3.8, 4) is 11.5 Å². The molecule has 8 nitrogen and oxygen atoms in total. The number of hydrogen-bond acceptors (Lipinski definition) is 7. The number of ether oxygens (including phenoxy) is 3. The standard InChI is InChI=1S/C29H32N2O6S/c1-5-37-28(32)27-29(16-17-31(27)38(33,34)21-13-10-19(2)11-14-21)22-8-6-7-9-23(22)30-26(29)20-12-15-24(35-3)25(18-20)36-4/h6-15,18,26-27,30H,5,16-17H2,1-4H3. The number of para-hydroxylation sites is 1. The Morgan fingerprint density at radius 2 is 1.74 bits per heavy atom. The Balaban J connectivity index is 1.70. The maximum Gasteiger partial charge on any atom is 0.325 e. The molecular formula is C29H32N2O6S. The number of carbonyl (C=O) groups is 1. The van der Waals surface area contributed by atoms with Gasteiger partial charge in [-0.3, -0.25) is 4.79 Å². The molecule has 2 aliphatic rings. The minimum absolute atomic E-state index is 0.139. The lowest BCUT2D eigenvalue weighted by Gasteiger charge is -2.38. The summed E-state index contributed by atoms with van der Waals surface area (Å²) in [7, 11) is -0.859. The highest BCUT2D eigenvalue weighted by atomic mass is 32.2. The number of anilines is 1. The Labute approximate surface area is 223 Å². The van der Waals surface area contributed by atoms with Gasteiger partial charge >= 0.3 is 5.97 Å². The molecule has 1 fully saturated rings. The van der Waals surface area contributed by atoms with Crippen LogP contribution in [0, 0.1) is 6.92 Å². The van der Waals surface area contributed by atoms with Gasteiger partial charge in [0.25, 0.3) is 0 Å². The number of methoxy groups -OCH3 is 2. The number of esters is 1. The first-order chi connectivity index (χ1) is 18.3. The van der Waals surface area contributed by atoms with Crippen LogP contribution < -0.4 is 14.8 Å². The second kappa shape index (κ2) is 9.96. The summed E-state index contributed by atoms with van der Waals surface area (Å²) in [6, 6.07) is 18.6. The average Bonchev–Trinajstić information content (AvgIpc) is 3.49. The lowest BCUT2D eigenvalue weighted by molar-refractivity contribution is -0.149. The van der Waals surface area contributed by atoms with Crippen LogP contribution in [0.25, 0.3) is 0 Å². The third-order valence-electron chi connectivity index (χ3n) is 7.64. The smallest absolute Gasteiger partial charge is 0.325 e. The van der Waals surface area contributed by atoms with Crippen LogP contribution >= 0.6 is 0 Å². The van der Waals surface area contributed by atoms with Gasteiger partial charge in [0.2, 0.25) is 10.0 Å². The van der Waals surface area contributed by atoms with E-state index in [1.807, 2.05) is 49.4 Å². The van der Waals surface area contributed by atoms with E-state index in [0.717, 1.165) is 22.4 Å². The Morgan fingerprint density at radius 1 is 1.03 bits per heavy atom. The van der Waals surface area contributed by atoms with Gasteiger partial charge in [-0.15, -0.1) is 0 Å². The van der Waals surface area contributed by atoms with E-state index in [1.165, 1.54) is 4.31 Å². The fourth-order valence-electron chi connectivity index (χ4n) is 5.92. The van der Waals surface area contributed by atoms with Crippen LogP contribution in [0.5, 0.6) is 11.5 Å². The van der Waals surface area contributed by atoms with E-state index in [2.05, 4.69) is 5.32 Å². The van der Waals surface area contributed by atoms with E-state index in [0.29, 0.717) is 17.9 Å². The lowest BCUT2D eigenvalue weighted by Crippen LogP contribution is -2.52. The van der Waals surface area contributed by atoms with Crippen molar-refractivity contribution in [2.75, 3.05) is 32.7 Å². The Morgan fingerprint density at radius 3 is 2.42 bits per heavy atom. The van der Waals surface area contributed by atoms with Crippen LogP contribution in [-0.4, -0.2) is 52.1 Å². The SMILES string of the molecule is CCOC(=O)C1N(S(=O)(=O)c2ccc(C)cc2)CCC12c1ccccc1NC2c1ccc(OC)c(OC)c1. The molecule has 0 aliphatic carbocycles. The quantitative estimate of drug-likeness (QED) is 0.446. The van der Waals surface area contributed by atoms with Gasteiger partial charge in [0.1, 0.15) is 6.04 Å². The molecule has 2 aliphatic heterocycles. The predicted molar refractivity (Wildman–Crippen MR) is 144 cm³/mol. The number of benzene rings is 3. The number of rotatable bonds is 7. The molecule has 38 heavy (non-hydrogen) atoms. The largest absolute Gasteiger partial charge is 0.493 e. The van der Waals surface area contributed by atoms with E-state index in [-0.39, 0.29) is 18.0 Å². The van der Waals surface area contributed by atoms with Crippen molar-refractivity contribution >= 4 is 21.7 Å². The minimum atomic E-state index is -4.00. The molecule has 0 radical (unpaired) electrons. The van der Waals surface area contributed by atoms with Gasteiger partial charge in [-0.1, -0.05) is 42.0 Å². The highest BCUT2D eigenvalue weighted by Crippen LogP contribution is 2.58. The summed E-state index contributed by atoms with van der Waals surface area (Å²) in [5.41, 5.74) is 2.63. The normalized spacial score (nSPS) is 22.6. The van der Waals surface area contributed by atoms with Crippen LogP contribution in [0.2, 0.25) is 0 Å². The predicted octanol–water partition coefficient (Wildman–Crippen LogP) is 4.44. The van der Waals surface area contributed by atoms with Crippen LogP contribution in [0.1, 0.15) is 36.1 Å². The lowest BCUT2D eigenvalue weighted by atomic mass is 9.69. The fraction of sp³-hybridized carbons (Fsp3) is 0.345. The molecule has 9 heteroatoms. The fourth-order valence-corrected chi connectivity index (χ4v) is 7.56. The molecule has 3 aromatic rings. The zero-order valence-corrected chi connectivity index (χ0v) is 22.7. The first kappa shape index (κ1) is 26.1. The number of sulfonamides is 1. The van der Waals surface area contributed by atoms with E-state index in [1.54, 1.807) is 45.4 Å². The average molecular weight is 537 g/mol. The number of carbonyl (C=O) groups excluding carboxylic acids is 1. The molecule has 0 bridgehead atoms. The van der Waals surface area contributed by atoms with E-state index >= 15 is 0 Å². The minimum Gasteiger partial charge on any atom is -0.493 e.